The van der Waals surface area contributed by atoms with E-state index in [2.05, 4.69) is 36.5 Å². The number of hydrogen-bond donors (Lipinski definition) is 2. The summed E-state index contributed by atoms with van der Waals surface area (Å²) in [5.41, 5.74) is 0.878. The van der Waals surface area contributed by atoms with E-state index in [-0.39, 0.29) is 11.3 Å². The molecule has 32 heavy (non-hydrogen) atoms. The second-order valence-corrected chi connectivity index (χ2v) is 10.0. The Kier molecular flexibility index (Phi) is 6.10. The number of ether oxygens (including phenoxy) is 1. The van der Waals surface area contributed by atoms with Gasteiger partial charge in [0.15, 0.2) is 6.10 Å². The molecule has 10 nitrogen and oxygen atoms in total. The molecule has 4 amide bonds. The topological polar surface area (TPSA) is 123 Å². The van der Waals surface area contributed by atoms with E-state index in [0.29, 0.717) is 24.2 Å². The van der Waals surface area contributed by atoms with Crippen LogP contribution in [0.3, 0.4) is 0 Å². The summed E-state index contributed by atoms with van der Waals surface area (Å²) >= 11 is 0. The highest BCUT2D eigenvalue weighted by atomic mass is 16.5. The maximum Gasteiger partial charge on any atom is 0.327 e. The largest absolute Gasteiger partial charge is 0.451 e. The zero-order chi connectivity index (χ0) is 24.0. The number of rotatable bonds is 5. The van der Waals surface area contributed by atoms with Crippen molar-refractivity contribution in [2.75, 3.05) is 11.9 Å². The quantitative estimate of drug-likeness (QED) is 0.526. The highest BCUT2D eigenvalue weighted by Crippen LogP contribution is 2.46. The third-order valence-corrected chi connectivity index (χ3v) is 6.35. The maximum atomic E-state index is 13.1. The van der Waals surface area contributed by atoms with Crippen LogP contribution in [0.15, 0.2) is 0 Å². The van der Waals surface area contributed by atoms with Gasteiger partial charge in [-0.3, -0.25) is 24.0 Å². The second-order valence-electron chi connectivity index (χ2n) is 10.0. The molecule has 2 N–H and O–H groups in total. The van der Waals surface area contributed by atoms with Crippen LogP contribution >= 0.6 is 0 Å². The van der Waals surface area contributed by atoms with Gasteiger partial charge in [0.1, 0.15) is 12.1 Å². The van der Waals surface area contributed by atoms with Crippen LogP contribution in [0.1, 0.15) is 58.3 Å². The molecule has 2 fully saturated rings. The smallest absolute Gasteiger partial charge is 0.327 e. The fourth-order valence-corrected chi connectivity index (χ4v) is 5.25. The fourth-order valence-electron chi connectivity index (χ4n) is 5.25. The summed E-state index contributed by atoms with van der Waals surface area (Å²) in [6.07, 6.45) is 0.908. The van der Waals surface area contributed by atoms with Gasteiger partial charge in [0, 0.05) is 7.05 Å². The molecule has 1 aliphatic carbocycles. The summed E-state index contributed by atoms with van der Waals surface area (Å²) < 4.78 is 6.86. The lowest BCUT2D eigenvalue weighted by molar-refractivity contribution is -0.155. The Balaban J connectivity index is 1.62. The Morgan fingerprint density at radius 2 is 1.94 bits per heavy atom. The number of aryl methyl sites for hydroxylation is 2. The number of nitrogens with zero attached hydrogens (tertiary/aromatic N) is 3. The predicted molar refractivity (Wildman–Crippen MR) is 117 cm³/mol. The van der Waals surface area contributed by atoms with Crippen LogP contribution in [0, 0.1) is 25.2 Å². The van der Waals surface area contributed by atoms with E-state index in [9.17, 15) is 19.2 Å². The Morgan fingerprint density at radius 3 is 2.50 bits per heavy atom. The lowest BCUT2D eigenvalue weighted by atomic mass is 9.64. The summed E-state index contributed by atoms with van der Waals surface area (Å²) in [5, 5.41) is 9.77. The Morgan fingerprint density at radius 1 is 1.28 bits per heavy atom. The molecule has 3 unspecified atom stereocenters. The van der Waals surface area contributed by atoms with Gasteiger partial charge in [-0.1, -0.05) is 20.8 Å². The molecule has 1 spiro atoms. The van der Waals surface area contributed by atoms with Crippen LogP contribution < -0.4 is 10.6 Å². The van der Waals surface area contributed by atoms with Crippen LogP contribution in [0.2, 0.25) is 0 Å². The number of carbonyl (C=O) groups is 4. The highest BCUT2D eigenvalue weighted by molar-refractivity contribution is 6.09. The molecule has 176 valence electrons. The molecule has 1 aliphatic heterocycles. The third kappa shape index (κ3) is 4.49. The van der Waals surface area contributed by atoms with Crippen LogP contribution in [-0.4, -0.2) is 56.7 Å². The van der Waals surface area contributed by atoms with E-state index in [1.54, 1.807) is 18.7 Å². The number of nitrogens with one attached hydrogen (secondary N) is 2. The van der Waals surface area contributed by atoms with Crippen LogP contribution in [0.5, 0.6) is 0 Å². The van der Waals surface area contributed by atoms with E-state index in [1.807, 2.05) is 6.92 Å². The standard InChI is InChI=1S/C22H33N5O5/c1-12-8-21(5,6)11-22(9-12)19(30)27(20(31)24-22)10-16(28)32-15(4)18(29)23-17-13(2)25-26(7)14(17)3/h12,15H,8-11H2,1-7H3,(H,23,29)(H,24,31). The summed E-state index contributed by atoms with van der Waals surface area (Å²) in [6.45, 7) is 10.7. The maximum absolute atomic E-state index is 13.1. The average Bonchev–Trinajstić information content (AvgIpc) is 3.00. The van der Waals surface area contributed by atoms with Gasteiger partial charge >= 0.3 is 12.0 Å². The van der Waals surface area contributed by atoms with E-state index in [0.717, 1.165) is 17.0 Å². The van der Waals surface area contributed by atoms with Gasteiger partial charge < -0.3 is 15.4 Å². The Bertz CT molecular complexity index is 968. The first-order valence-electron chi connectivity index (χ1n) is 10.9. The first-order chi connectivity index (χ1) is 14.7. The Labute approximate surface area is 188 Å². The third-order valence-electron chi connectivity index (χ3n) is 6.35. The molecule has 1 aromatic heterocycles. The minimum atomic E-state index is -1.11. The zero-order valence-corrected chi connectivity index (χ0v) is 19.9. The van der Waals surface area contributed by atoms with Gasteiger partial charge in [0.2, 0.25) is 0 Å². The number of hydrogen-bond acceptors (Lipinski definition) is 6. The minimum absolute atomic E-state index is 0.105. The molecule has 10 heteroatoms. The molecule has 0 aromatic carbocycles. The number of aromatic nitrogens is 2. The van der Waals surface area contributed by atoms with E-state index >= 15 is 0 Å². The van der Waals surface area contributed by atoms with Crippen molar-refractivity contribution in [1.82, 2.24) is 20.0 Å². The van der Waals surface area contributed by atoms with Crippen molar-refractivity contribution in [3.63, 3.8) is 0 Å². The lowest BCUT2D eigenvalue weighted by Crippen LogP contribution is -2.54. The molecule has 1 saturated carbocycles. The molecule has 3 atom stereocenters. The summed E-state index contributed by atoms with van der Waals surface area (Å²) in [5.74, 6) is -1.49. The van der Waals surface area contributed by atoms with Gasteiger partial charge in [-0.2, -0.15) is 5.10 Å². The van der Waals surface area contributed by atoms with Crippen molar-refractivity contribution < 1.29 is 23.9 Å². The number of anilines is 1. The fraction of sp³-hybridized carbons (Fsp3) is 0.682. The van der Waals surface area contributed by atoms with Crippen molar-refractivity contribution in [2.45, 2.75) is 72.4 Å². The predicted octanol–water partition coefficient (Wildman–Crippen LogP) is 2.04. The highest BCUT2D eigenvalue weighted by Gasteiger charge is 2.56. The van der Waals surface area contributed by atoms with E-state index in [4.69, 9.17) is 4.74 Å². The molecule has 0 radical (unpaired) electrons. The summed E-state index contributed by atoms with van der Waals surface area (Å²) in [4.78, 5) is 51.6. The monoisotopic (exact) mass is 447 g/mol. The molecular weight excluding hydrogens is 414 g/mol. The molecule has 3 rings (SSSR count). The first-order valence-corrected chi connectivity index (χ1v) is 10.9. The van der Waals surface area contributed by atoms with Crippen molar-refractivity contribution in [3.05, 3.63) is 11.4 Å². The van der Waals surface area contributed by atoms with Gasteiger partial charge in [0.05, 0.1) is 17.1 Å². The molecule has 1 saturated heterocycles. The van der Waals surface area contributed by atoms with Crippen molar-refractivity contribution in [1.29, 1.82) is 0 Å². The van der Waals surface area contributed by atoms with E-state index < -0.39 is 42.0 Å². The lowest BCUT2D eigenvalue weighted by Gasteiger charge is -2.43. The van der Waals surface area contributed by atoms with Gasteiger partial charge in [0.25, 0.3) is 11.8 Å². The molecule has 2 heterocycles. The summed E-state index contributed by atoms with van der Waals surface area (Å²) in [7, 11) is 1.76. The van der Waals surface area contributed by atoms with Crippen LogP contribution in [0.4, 0.5) is 10.5 Å². The van der Waals surface area contributed by atoms with Crippen molar-refractivity contribution in [3.8, 4) is 0 Å². The van der Waals surface area contributed by atoms with Crippen LogP contribution in [-0.2, 0) is 26.2 Å². The van der Waals surface area contributed by atoms with Gasteiger partial charge in [-0.05, 0) is 51.4 Å². The SMILES string of the molecule is Cc1nn(C)c(C)c1NC(=O)C(C)OC(=O)CN1C(=O)NC2(CC(C)CC(C)(C)C2)C1=O. The first kappa shape index (κ1) is 23.7. The average molecular weight is 448 g/mol. The summed E-state index contributed by atoms with van der Waals surface area (Å²) in [6, 6.07) is -0.601. The second kappa shape index (κ2) is 8.22. The Hall–Kier alpha value is -2.91. The van der Waals surface area contributed by atoms with Gasteiger partial charge in [-0.15, -0.1) is 0 Å². The number of amides is 4. The number of esters is 1. The van der Waals surface area contributed by atoms with Crippen molar-refractivity contribution >= 4 is 29.5 Å². The van der Waals surface area contributed by atoms with Gasteiger partial charge in [-0.25, -0.2) is 4.79 Å². The number of carbonyl (C=O) groups excluding carboxylic acids is 4. The molecule has 1 aromatic rings. The number of imide groups is 1. The molecule has 0 bridgehead atoms. The molecule has 2 aliphatic rings. The normalized spacial score (nSPS) is 25.6. The number of urea groups is 1. The van der Waals surface area contributed by atoms with Crippen LogP contribution in [0.25, 0.3) is 0 Å². The van der Waals surface area contributed by atoms with Crippen molar-refractivity contribution in [2.24, 2.45) is 18.4 Å². The minimum Gasteiger partial charge on any atom is -0.451 e. The van der Waals surface area contributed by atoms with E-state index in [1.165, 1.54) is 6.92 Å². The molecular formula is C22H33N5O5. The zero-order valence-electron chi connectivity index (χ0n) is 19.9.